The smallest absolute Gasteiger partial charge is 0.328 e. The Balaban J connectivity index is 0.000000211. The first-order valence-corrected chi connectivity index (χ1v) is 6.38. The Kier molecular flexibility index (Phi) is 6.35. The SMILES string of the molecule is COCOC1CN(C)C(=O)N1.NC1(C(=O)O)C=CC=CC1. The highest BCUT2D eigenvalue weighted by molar-refractivity contribution is 5.81. The minimum Gasteiger partial charge on any atom is -0.480 e. The lowest BCUT2D eigenvalue weighted by molar-refractivity contribution is -0.141. The fourth-order valence-electron chi connectivity index (χ4n) is 1.67. The van der Waals surface area contributed by atoms with Gasteiger partial charge in [0.1, 0.15) is 12.3 Å². The number of carbonyl (C=O) groups excluding carboxylic acids is 1. The van der Waals surface area contributed by atoms with Crippen LogP contribution in [0.15, 0.2) is 24.3 Å². The standard InChI is InChI=1S/C7H9NO2.C6H12N2O3/c8-7(6(9)10)4-2-1-3-5-7;1-8-3-5(7-6(8)9)11-4-10-2/h1-4H,5,8H2,(H,9,10);5H,3-4H2,1-2H3,(H,7,9). The first kappa shape index (κ1) is 17.2. The average molecular weight is 299 g/mol. The van der Waals surface area contributed by atoms with E-state index in [0.29, 0.717) is 13.0 Å². The monoisotopic (exact) mass is 299 g/mol. The van der Waals surface area contributed by atoms with Gasteiger partial charge in [-0.05, 0) is 6.42 Å². The van der Waals surface area contributed by atoms with E-state index in [1.54, 1.807) is 37.3 Å². The summed E-state index contributed by atoms with van der Waals surface area (Å²) in [5.74, 6) is -0.979. The molecule has 2 atom stereocenters. The van der Waals surface area contributed by atoms with Crippen LogP contribution in [0, 0.1) is 0 Å². The number of aliphatic carboxylic acids is 1. The third-order valence-corrected chi connectivity index (χ3v) is 2.95. The molecule has 0 saturated carbocycles. The van der Waals surface area contributed by atoms with Gasteiger partial charge in [-0.3, -0.25) is 0 Å². The number of hydrogen-bond donors (Lipinski definition) is 3. The van der Waals surface area contributed by atoms with Gasteiger partial charge in [0.15, 0.2) is 6.23 Å². The van der Waals surface area contributed by atoms with Crippen LogP contribution in [0.4, 0.5) is 4.79 Å². The van der Waals surface area contributed by atoms with Gasteiger partial charge in [0.05, 0.1) is 6.54 Å². The van der Waals surface area contributed by atoms with Crippen LogP contribution in [0.2, 0.25) is 0 Å². The highest BCUT2D eigenvalue weighted by Crippen LogP contribution is 2.13. The van der Waals surface area contributed by atoms with Gasteiger partial charge in [0, 0.05) is 14.2 Å². The molecule has 4 N–H and O–H groups in total. The number of nitrogens with two attached hydrogens (primary N) is 1. The zero-order valence-electron chi connectivity index (χ0n) is 12.1. The Hall–Kier alpha value is -1.90. The van der Waals surface area contributed by atoms with Gasteiger partial charge in [0.2, 0.25) is 0 Å². The summed E-state index contributed by atoms with van der Waals surface area (Å²) >= 11 is 0. The number of nitrogens with one attached hydrogen (secondary N) is 1. The number of allylic oxidation sites excluding steroid dienone is 2. The molecule has 8 heteroatoms. The summed E-state index contributed by atoms with van der Waals surface area (Å²) in [4.78, 5) is 22.9. The van der Waals surface area contributed by atoms with Crippen molar-refractivity contribution in [2.24, 2.45) is 5.73 Å². The number of methoxy groups -OCH3 is 1. The molecule has 0 aromatic heterocycles. The van der Waals surface area contributed by atoms with E-state index in [-0.39, 0.29) is 19.1 Å². The molecule has 0 spiro atoms. The lowest BCUT2D eigenvalue weighted by Crippen LogP contribution is -2.46. The number of urea groups is 1. The molecule has 2 aliphatic rings. The first-order chi connectivity index (χ1) is 9.89. The zero-order valence-corrected chi connectivity index (χ0v) is 12.1. The quantitative estimate of drug-likeness (QED) is 0.623. The van der Waals surface area contributed by atoms with E-state index in [0.717, 1.165) is 0 Å². The molecule has 0 radical (unpaired) electrons. The van der Waals surface area contributed by atoms with E-state index in [1.165, 1.54) is 6.08 Å². The summed E-state index contributed by atoms with van der Waals surface area (Å²) in [5, 5.41) is 11.2. The summed E-state index contributed by atoms with van der Waals surface area (Å²) in [6.07, 6.45) is 6.82. The Morgan fingerprint density at radius 3 is 2.71 bits per heavy atom. The molecule has 2 unspecified atom stereocenters. The lowest BCUT2D eigenvalue weighted by atomic mass is 9.93. The topological polar surface area (TPSA) is 114 Å². The van der Waals surface area contributed by atoms with Crippen LogP contribution < -0.4 is 11.1 Å². The van der Waals surface area contributed by atoms with E-state index in [2.05, 4.69) is 10.1 Å². The van der Waals surface area contributed by atoms with E-state index < -0.39 is 11.5 Å². The van der Waals surface area contributed by atoms with Crippen molar-refractivity contribution in [3.63, 3.8) is 0 Å². The maximum absolute atomic E-state index is 10.8. The Bertz CT molecular complexity index is 438. The Morgan fingerprint density at radius 1 is 1.62 bits per heavy atom. The van der Waals surface area contributed by atoms with Crippen molar-refractivity contribution in [3.8, 4) is 0 Å². The number of nitrogens with zero attached hydrogens (tertiary/aromatic N) is 1. The van der Waals surface area contributed by atoms with Gasteiger partial charge in [-0.1, -0.05) is 24.3 Å². The molecule has 2 amide bonds. The van der Waals surface area contributed by atoms with Crippen LogP contribution >= 0.6 is 0 Å². The summed E-state index contributed by atoms with van der Waals surface area (Å²) in [5.41, 5.74) is 4.29. The zero-order chi connectivity index (χ0) is 15.9. The van der Waals surface area contributed by atoms with E-state index >= 15 is 0 Å². The second-order valence-electron chi connectivity index (χ2n) is 4.73. The van der Waals surface area contributed by atoms with Gasteiger partial charge in [-0.25, -0.2) is 9.59 Å². The molecule has 1 fully saturated rings. The Labute approximate surface area is 123 Å². The van der Waals surface area contributed by atoms with Crippen LogP contribution in [0.25, 0.3) is 0 Å². The molecule has 0 aromatic carbocycles. The number of carboxylic acids is 1. The van der Waals surface area contributed by atoms with Crippen LogP contribution in [-0.4, -0.2) is 61.3 Å². The predicted octanol–water partition coefficient (Wildman–Crippen LogP) is -0.127. The number of rotatable bonds is 4. The minimum atomic E-state index is -1.17. The first-order valence-electron chi connectivity index (χ1n) is 6.38. The summed E-state index contributed by atoms with van der Waals surface area (Å²) in [6.45, 7) is 0.779. The van der Waals surface area contributed by atoms with Gasteiger partial charge in [0.25, 0.3) is 0 Å². The van der Waals surface area contributed by atoms with Crippen molar-refractivity contribution >= 4 is 12.0 Å². The molecule has 1 aliphatic heterocycles. The number of likely N-dealkylation sites (N-methyl/N-ethyl adjacent to an activating group) is 1. The molecule has 21 heavy (non-hydrogen) atoms. The third kappa shape index (κ3) is 5.18. The van der Waals surface area contributed by atoms with Crippen molar-refractivity contribution in [1.82, 2.24) is 10.2 Å². The molecule has 2 rings (SSSR count). The van der Waals surface area contributed by atoms with Crippen LogP contribution in [-0.2, 0) is 14.3 Å². The number of ether oxygens (including phenoxy) is 2. The third-order valence-electron chi connectivity index (χ3n) is 2.95. The molecule has 0 aromatic rings. The fraction of sp³-hybridized carbons (Fsp3) is 0.538. The van der Waals surface area contributed by atoms with Gasteiger partial charge < -0.3 is 30.5 Å². The van der Waals surface area contributed by atoms with Crippen molar-refractivity contribution in [2.45, 2.75) is 18.2 Å². The number of carboxylic acid groups (broad SMARTS) is 1. The largest absolute Gasteiger partial charge is 0.480 e. The molecule has 1 saturated heterocycles. The molecular formula is C13H21N3O5. The summed E-state index contributed by atoms with van der Waals surface area (Å²) < 4.78 is 9.78. The highest BCUT2D eigenvalue weighted by atomic mass is 16.7. The molecule has 118 valence electrons. The number of carbonyl (C=O) groups is 2. The highest BCUT2D eigenvalue weighted by Gasteiger charge is 2.30. The molecule has 1 aliphatic carbocycles. The summed E-state index contributed by atoms with van der Waals surface area (Å²) in [6, 6.07) is -0.105. The predicted molar refractivity (Wildman–Crippen MR) is 75.4 cm³/mol. The van der Waals surface area contributed by atoms with Crippen LogP contribution in [0.5, 0.6) is 0 Å². The van der Waals surface area contributed by atoms with Crippen molar-refractivity contribution in [2.75, 3.05) is 27.5 Å². The van der Waals surface area contributed by atoms with Crippen LogP contribution in [0.3, 0.4) is 0 Å². The maximum atomic E-state index is 10.8. The van der Waals surface area contributed by atoms with Crippen LogP contribution in [0.1, 0.15) is 6.42 Å². The van der Waals surface area contributed by atoms with Crippen molar-refractivity contribution in [3.05, 3.63) is 24.3 Å². The number of amides is 2. The molecular weight excluding hydrogens is 278 g/mol. The fourth-order valence-corrected chi connectivity index (χ4v) is 1.67. The van der Waals surface area contributed by atoms with Crippen molar-refractivity contribution < 1.29 is 24.2 Å². The van der Waals surface area contributed by atoms with E-state index in [4.69, 9.17) is 15.6 Å². The number of hydrogen-bond acceptors (Lipinski definition) is 5. The lowest BCUT2D eigenvalue weighted by Gasteiger charge is -2.20. The van der Waals surface area contributed by atoms with Gasteiger partial charge in [-0.2, -0.15) is 0 Å². The maximum Gasteiger partial charge on any atom is 0.328 e. The Morgan fingerprint density at radius 2 is 2.33 bits per heavy atom. The average Bonchev–Trinajstić information content (AvgIpc) is 2.77. The summed E-state index contributed by atoms with van der Waals surface area (Å²) in [7, 11) is 3.26. The van der Waals surface area contributed by atoms with E-state index in [9.17, 15) is 9.59 Å². The van der Waals surface area contributed by atoms with Gasteiger partial charge in [-0.15, -0.1) is 0 Å². The molecule has 8 nitrogen and oxygen atoms in total. The second kappa shape index (κ2) is 7.77. The van der Waals surface area contributed by atoms with Crippen molar-refractivity contribution in [1.29, 1.82) is 0 Å². The second-order valence-corrected chi connectivity index (χ2v) is 4.73. The molecule has 0 bridgehead atoms. The van der Waals surface area contributed by atoms with E-state index in [1.807, 2.05) is 0 Å². The normalized spacial score (nSPS) is 27.1. The molecule has 1 heterocycles. The minimum absolute atomic E-state index is 0.105. The van der Waals surface area contributed by atoms with Gasteiger partial charge >= 0.3 is 12.0 Å².